The Kier molecular flexibility index (Phi) is 2.13. The van der Waals surface area contributed by atoms with E-state index in [9.17, 15) is 4.79 Å². The highest BCUT2D eigenvalue weighted by Crippen LogP contribution is 2.36. The maximum absolute atomic E-state index is 11.3. The van der Waals surface area contributed by atoms with Gasteiger partial charge in [0.2, 0.25) is 5.91 Å². The van der Waals surface area contributed by atoms with Crippen LogP contribution in [0.5, 0.6) is 0 Å². The average Bonchev–Trinajstić information content (AvgIpc) is 2.12. The highest BCUT2D eigenvalue weighted by atomic mass is 35.5. The van der Waals surface area contributed by atoms with E-state index in [2.05, 4.69) is 9.97 Å². The number of carbonyl (C=O) groups is 1. The number of fused-ring (bicyclic) bond motifs is 1. The molecule has 0 saturated heterocycles. The number of hydrogen-bond donors (Lipinski definition) is 0. The molecule has 68 valence electrons. The predicted molar refractivity (Wildman–Crippen MR) is 51.2 cm³/mol. The highest BCUT2D eigenvalue weighted by molar-refractivity contribution is 8.00. The van der Waals surface area contributed by atoms with Crippen molar-refractivity contribution >= 4 is 35.0 Å². The maximum Gasteiger partial charge on any atom is 0.237 e. The first-order chi connectivity index (χ1) is 6.20. The quantitative estimate of drug-likeness (QED) is 0.610. The Hall–Kier alpha value is -0.810. The van der Waals surface area contributed by atoms with Gasteiger partial charge >= 0.3 is 0 Å². The van der Waals surface area contributed by atoms with E-state index in [4.69, 9.17) is 11.6 Å². The summed E-state index contributed by atoms with van der Waals surface area (Å²) in [4.78, 5) is 20.7. The predicted octanol–water partition coefficient (Wildman–Crippen LogP) is 1.20. The van der Waals surface area contributed by atoms with Gasteiger partial charge in [-0.25, -0.2) is 9.97 Å². The van der Waals surface area contributed by atoms with Crippen molar-refractivity contribution < 1.29 is 4.79 Å². The van der Waals surface area contributed by atoms with E-state index in [1.165, 1.54) is 23.0 Å². The van der Waals surface area contributed by atoms with Gasteiger partial charge in [-0.3, -0.25) is 4.79 Å². The van der Waals surface area contributed by atoms with Crippen LogP contribution in [-0.4, -0.2) is 28.7 Å². The monoisotopic (exact) mass is 215 g/mol. The molecule has 1 aromatic rings. The third kappa shape index (κ3) is 1.38. The first kappa shape index (κ1) is 8.77. The van der Waals surface area contributed by atoms with Crippen LogP contribution in [-0.2, 0) is 4.79 Å². The summed E-state index contributed by atoms with van der Waals surface area (Å²) >= 11 is 7.23. The molecule has 0 fully saturated rings. The largest absolute Gasteiger partial charge is 0.310 e. The molecule has 2 rings (SSSR count). The molecule has 1 aliphatic heterocycles. The number of aromatic nitrogens is 2. The van der Waals surface area contributed by atoms with Gasteiger partial charge in [0.25, 0.3) is 0 Å². The zero-order valence-corrected chi connectivity index (χ0v) is 8.39. The van der Waals surface area contributed by atoms with E-state index in [1.54, 1.807) is 7.05 Å². The lowest BCUT2D eigenvalue weighted by Crippen LogP contribution is -2.32. The molecule has 0 aliphatic carbocycles. The SMILES string of the molecule is CN1C(=O)CSc2ncnc(Cl)c21. The van der Waals surface area contributed by atoms with Crippen LogP contribution in [0.4, 0.5) is 5.69 Å². The number of rotatable bonds is 0. The number of halogens is 1. The van der Waals surface area contributed by atoms with Crippen LogP contribution in [0.1, 0.15) is 0 Å². The highest BCUT2D eigenvalue weighted by Gasteiger charge is 2.25. The Bertz CT molecular complexity index is 371. The van der Waals surface area contributed by atoms with Crippen LogP contribution in [0.2, 0.25) is 5.15 Å². The minimum Gasteiger partial charge on any atom is -0.310 e. The molecule has 0 spiro atoms. The van der Waals surface area contributed by atoms with Gasteiger partial charge in [0.1, 0.15) is 17.0 Å². The molecule has 1 aromatic heterocycles. The third-order valence-corrected chi connectivity index (χ3v) is 3.03. The second-order valence-corrected chi connectivity index (χ2v) is 3.88. The zero-order chi connectivity index (χ0) is 9.42. The van der Waals surface area contributed by atoms with E-state index in [-0.39, 0.29) is 5.91 Å². The molecule has 4 nitrogen and oxygen atoms in total. The first-order valence-electron chi connectivity index (χ1n) is 3.60. The maximum atomic E-state index is 11.3. The lowest BCUT2D eigenvalue weighted by molar-refractivity contribution is -0.116. The van der Waals surface area contributed by atoms with Crippen molar-refractivity contribution in [2.75, 3.05) is 17.7 Å². The smallest absolute Gasteiger partial charge is 0.237 e. The topological polar surface area (TPSA) is 46.1 Å². The molecule has 1 amide bonds. The van der Waals surface area contributed by atoms with Gasteiger partial charge in [0.05, 0.1) is 5.75 Å². The Labute approximate surface area is 84.3 Å². The molecule has 0 saturated carbocycles. The summed E-state index contributed by atoms with van der Waals surface area (Å²) < 4.78 is 0. The zero-order valence-electron chi connectivity index (χ0n) is 6.82. The second kappa shape index (κ2) is 3.16. The fraction of sp³-hybridized carbons (Fsp3) is 0.286. The second-order valence-electron chi connectivity index (χ2n) is 2.56. The van der Waals surface area contributed by atoms with Crippen molar-refractivity contribution in [1.82, 2.24) is 9.97 Å². The molecule has 0 aromatic carbocycles. The number of carbonyl (C=O) groups excluding carboxylic acids is 1. The minimum absolute atomic E-state index is 0.0224. The van der Waals surface area contributed by atoms with Gasteiger partial charge in [0, 0.05) is 7.05 Å². The van der Waals surface area contributed by atoms with Gasteiger partial charge in [-0.2, -0.15) is 0 Å². The molecule has 13 heavy (non-hydrogen) atoms. The third-order valence-electron chi connectivity index (χ3n) is 1.79. The summed E-state index contributed by atoms with van der Waals surface area (Å²) in [5.74, 6) is 0.436. The molecule has 0 N–H and O–H groups in total. The van der Waals surface area contributed by atoms with E-state index in [1.807, 2.05) is 0 Å². The van der Waals surface area contributed by atoms with E-state index in [0.717, 1.165) is 5.03 Å². The van der Waals surface area contributed by atoms with E-state index in [0.29, 0.717) is 16.6 Å². The molecule has 6 heteroatoms. The van der Waals surface area contributed by atoms with Gasteiger partial charge in [-0.1, -0.05) is 23.4 Å². The van der Waals surface area contributed by atoms with Crippen molar-refractivity contribution in [1.29, 1.82) is 0 Å². The summed E-state index contributed by atoms with van der Waals surface area (Å²) in [5.41, 5.74) is 0.616. The van der Waals surface area contributed by atoms with Gasteiger partial charge in [0.15, 0.2) is 5.15 Å². The van der Waals surface area contributed by atoms with E-state index < -0.39 is 0 Å². The Morgan fingerprint density at radius 3 is 3.15 bits per heavy atom. The lowest BCUT2D eigenvalue weighted by atomic mass is 10.4. The fourth-order valence-electron chi connectivity index (χ4n) is 1.08. The van der Waals surface area contributed by atoms with Crippen LogP contribution >= 0.6 is 23.4 Å². The molecule has 2 heterocycles. The van der Waals surface area contributed by atoms with Gasteiger partial charge < -0.3 is 4.90 Å². The van der Waals surface area contributed by atoms with E-state index >= 15 is 0 Å². The normalized spacial score (nSPS) is 15.8. The molecule has 0 bridgehead atoms. The number of thioether (sulfide) groups is 1. The standard InChI is InChI=1S/C7H6ClN3OS/c1-11-4(12)2-13-7-5(11)6(8)9-3-10-7/h3H,2H2,1H3. The van der Waals surface area contributed by atoms with Crippen molar-refractivity contribution in [2.24, 2.45) is 0 Å². The number of amides is 1. The first-order valence-corrected chi connectivity index (χ1v) is 4.96. The Morgan fingerprint density at radius 1 is 1.62 bits per heavy atom. The number of hydrogen-bond acceptors (Lipinski definition) is 4. The minimum atomic E-state index is 0.0224. The van der Waals surface area contributed by atoms with Crippen LogP contribution in [0.3, 0.4) is 0 Å². The molecule has 0 unspecified atom stereocenters. The summed E-state index contributed by atoms with van der Waals surface area (Å²) in [5, 5.41) is 1.09. The summed E-state index contributed by atoms with van der Waals surface area (Å²) in [6, 6.07) is 0. The summed E-state index contributed by atoms with van der Waals surface area (Å²) in [6.07, 6.45) is 1.40. The van der Waals surface area contributed by atoms with Crippen LogP contribution in [0.15, 0.2) is 11.4 Å². The summed E-state index contributed by atoms with van der Waals surface area (Å²) in [7, 11) is 1.68. The molecule has 1 aliphatic rings. The number of anilines is 1. The van der Waals surface area contributed by atoms with Crippen molar-refractivity contribution in [3.05, 3.63) is 11.5 Å². The lowest BCUT2D eigenvalue weighted by Gasteiger charge is -2.24. The Morgan fingerprint density at radius 2 is 2.38 bits per heavy atom. The average molecular weight is 216 g/mol. The number of nitrogens with zero attached hydrogens (tertiary/aromatic N) is 3. The van der Waals surface area contributed by atoms with Crippen LogP contribution in [0, 0.1) is 0 Å². The molecular weight excluding hydrogens is 210 g/mol. The fourth-order valence-corrected chi connectivity index (χ4v) is 2.34. The van der Waals surface area contributed by atoms with Crippen LogP contribution in [0.25, 0.3) is 0 Å². The van der Waals surface area contributed by atoms with Gasteiger partial charge in [-0.05, 0) is 0 Å². The van der Waals surface area contributed by atoms with Crippen LogP contribution < -0.4 is 4.90 Å². The van der Waals surface area contributed by atoms with Crippen molar-refractivity contribution in [2.45, 2.75) is 5.03 Å². The molecule has 0 atom stereocenters. The molecule has 0 radical (unpaired) electrons. The Balaban J connectivity index is 2.57. The van der Waals surface area contributed by atoms with Gasteiger partial charge in [-0.15, -0.1) is 0 Å². The van der Waals surface area contributed by atoms with Crippen molar-refractivity contribution in [3.8, 4) is 0 Å². The summed E-state index contributed by atoms with van der Waals surface area (Å²) in [6.45, 7) is 0. The molecular formula is C7H6ClN3OS. The van der Waals surface area contributed by atoms with Crippen molar-refractivity contribution in [3.63, 3.8) is 0 Å².